The predicted molar refractivity (Wildman–Crippen MR) is 264 cm³/mol. The summed E-state index contributed by atoms with van der Waals surface area (Å²) in [6, 6.07) is 18.1. The molecule has 0 saturated carbocycles. The molecule has 6 amide bonds. The van der Waals surface area contributed by atoms with Gasteiger partial charge in [-0.3, -0.25) is 30.0 Å². The van der Waals surface area contributed by atoms with Crippen molar-refractivity contribution in [1.29, 1.82) is 0 Å². The van der Waals surface area contributed by atoms with E-state index in [1.807, 2.05) is 35.0 Å². The first-order chi connectivity index (χ1) is 33.7. The molecule has 0 aromatic carbocycles. The number of hydrogen-bond acceptors (Lipinski definition) is 17. The van der Waals surface area contributed by atoms with Crippen molar-refractivity contribution in [1.82, 2.24) is 56.5 Å². The van der Waals surface area contributed by atoms with Crippen molar-refractivity contribution >= 4 is 76.9 Å². The van der Waals surface area contributed by atoms with Gasteiger partial charge in [-0.15, -0.1) is 0 Å². The van der Waals surface area contributed by atoms with Crippen LogP contribution < -0.4 is 42.1 Å². The molecule has 4 aliphatic heterocycles. The van der Waals surface area contributed by atoms with E-state index in [1.54, 1.807) is 59.3 Å². The normalized spacial score (nSPS) is 17.3. The van der Waals surface area contributed by atoms with Gasteiger partial charge in [-0.05, 0) is 122 Å². The summed E-state index contributed by atoms with van der Waals surface area (Å²) < 4.78 is 0. The molecule has 10 rings (SSSR count). The summed E-state index contributed by atoms with van der Waals surface area (Å²) in [4.78, 5) is 87.0. The predicted octanol–water partition coefficient (Wildman–Crippen LogP) is 5.24. The van der Waals surface area contributed by atoms with Crippen molar-refractivity contribution < 1.29 is 24.0 Å². The van der Waals surface area contributed by atoms with Gasteiger partial charge in [0.2, 0.25) is 11.9 Å². The van der Waals surface area contributed by atoms with Gasteiger partial charge in [0, 0.05) is 67.0 Å². The third kappa shape index (κ3) is 13.3. The van der Waals surface area contributed by atoms with Crippen LogP contribution in [0.25, 0.3) is 34.7 Å². The van der Waals surface area contributed by atoms with E-state index in [-0.39, 0.29) is 11.4 Å². The largest absolute Gasteiger partial charge is 0.341 e. The van der Waals surface area contributed by atoms with E-state index in [1.165, 1.54) is 6.08 Å². The molecule has 0 aliphatic carbocycles. The van der Waals surface area contributed by atoms with E-state index < -0.39 is 23.9 Å². The fourth-order valence-corrected chi connectivity index (χ4v) is 9.10. The van der Waals surface area contributed by atoms with Gasteiger partial charge >= 0.3 is 12.1 Å². The summed E-state index contributed by atoms with van der Waals surface area (Å²) in [7, 11) is 0. The number of aromatic nitrogens is 6. The minimum Gasteiger partial charge on any atom is -0.341 e. The first-order valence-corrected chi connectivity index (χ1v) is 24.3. The zero-order chi connectivity index (χ0) is 48.0. The lowest BCUT2D eigenvalue weighted by atomic mass is 9.97. The Morgan fingerprint density at radius 1 is 0.623 bits per heavy atom. The van der Waals surface area contributed by atoms with E-state index in [0.29, 0.717) is 40.8 Å². The number of pyridine rings is 2. The van der Waals surface area contributed by atoms with Gasteiger partial charge in [0.05, 0.1) is 28.5 Å². The van der Waals surface area contributed by atoms with Crippen molar-refractivity contribution in [3.05, 3.63) is 129 Å². The molecule has 21 heteroatoms. The molecule has 0 bridgehead atoms. The van der Waals surface area contributed by atoms with E-state index in [0.717, 1.165) is 106 Å². The molecule has 0 unspecified atom stereocenters. The average molecular weight is 967 g/mol. The summed E-state index contributed by atoms with van der Waals surface area (Å²) in [5, 5.41) is 21.0. The third-order valence-electron chi connectivity index (χ3n) is 11.6. The van der Waals surface area contributed by atoms with Crippen molar-refractivity contribution in [2.75, 3.05) is 49.1 Å². The molecule has 6 aromatic rings. The second-order valence-corrected chi connectivity index (χ2v) is 17.9. The zero-order valence-electron chi connectivity index (χ0n) is 37.4. The zero-order valence-corrected chi connectivity index (χ0v) is 39.0. The summed E-state index contributed by atoms with van der Waals surface area (Å²) in [5.74, 6) is 1.52. The molecule has 7 N–H and O–H groups in total. The minimum atomic E-state index is -0.521. The maximum absolute atomic E-state index is 11.7. The molecule has 0 spiro atoms. The minimum absolute atomic E-state index is 0.190. The van der Waals surface area contributed by atoms with Crippen LogP contribution >= 0.6 is 22.7 Å². The molecule has 354 valence electrons. The van der Waals surface area contributed by atoms with E-state index in [9.17, 15) is 24.0 Å². The number of nitrogens with zero attached hydrogens (tertiary/aromatic N) is 8. The number of amides is 6. The lowest BCUT2D eigenvalue weighted by Crippen LogP contribution is -2.38. The molecule has 4 fully saturated rings. The van der Waals surface area contributed by atoms with Gasteiger partial charge in [-0.1, -0.05) is 12.1 Å². The number of hydrogen-bond donors (Lipinski definition) is 6. The molecule has 10 heterocycles. The number of carbonyl (C=O) groups excluding carboxylic acids is 5. The maximum Gasteiger partial charge on any atom is 0.326 e. The Labute approximate surface area is 405 Å². The van der Waals surface area contributed by atoms with Crippen LogP contribution in [0, 0.1) is 11.8 Å². The van der Waals surface area contributed by atoms with Crippen molar-refractivity contribution in [3.8, 4) is 22.5 Å². The molecular weight excluding hydrogens is 917 g/mol. The Morgan fingerprint density at radius 3 is 1.62 bits per heavy atom. The number of anilines is 2. The smallest absolute Gasteiger partial charge is 0.326 e. The number of aldehydes is 1. The second-order valence-electron chi connectivity index (χ2n) is 16.3. The SMILES string of the molecule is NCC1CCN(c2nccc(/C=C3\NC(=O)NC3=O)n2)CC1.O=C1NC(=O)/C(=C/c2ccnc(N3CCC(CNCc4cccc(-c5ccsc5)n4)CC3)n2)N1.O=Cc1cccc(-c2ccsc2)n1. The first-order valence-electron chi connectivity index (χ1n) is 22.4. The molecular formula is C48H50N14O5S2. The number of carbonyl (C=O) groups is 5. The van der Waals surface area contributed by atoms with Crippen molar-refractivity contribution in [3.63, 3.8) is 0 Å². The van der Waals surface area contributed by atoms with Gasteiger partial charge < -0.3 is 31.5 Å². The van der Waals surface area contributed by atoms with Crippen molar-refractivity contribution in [2.24, 2.45) is 17.6 Å². The highest BCUT2D eigenvalue weighted by Crippen LogP contribution is 2.24. The third-order valence-corrected chi connectivity index (χ3v) is 12.9. The summed E-state index contributed by atoms with van der Waals surface area (Å²) in [6.07, 6.45) is 11.3. The summed E-state index contributed by atoms with van der Waals surface area (Å²) in [6.45, 7) is 5.90. The maximum atomic E-state index is 11.7. The molecule has 4 saturated heterocycles. The topological polar surface area (TPSA) is 255 Å². The number of imide groups is 2. The van der Waals surface area contributed by atoms with Crippen LogP contribution in [0.3, 0.4) is 0 Å². The van der Waals surface area contributed by atoms with Crippen LogP contribution in [0.1, 0.15) is 53.3 Å². The highest BCUT2D eigenvalue weighted by atomic mass is 32.1. The number of thiophene rings is 2. The molecule has 4 aliphatic rings. The fourth-order valence-electron chi connectivity index (χ4n) is 7.80. The van der Waals surface area contributed by atoms with Gasteiger partial charge in [0.15, 0.2) is 6.29 Å². The number of urea groups is 2. The Hall–Kier alpha value is -7.59. The number of piperidine rings is 2. The monoisotopic (exact) mass is 966 g/mol. The molecule has 69 heavy (non-hydrogen) atoms. The number of rotatable bonds is 12. The van der Waals surface area contributed by atoms with Crippen LogP contribution in [-0.4, -0.2) is 99.3 Å². The van der Waals surface area contributed by atoms with Gasteiger partial charge in [-0.25, -0.2) is 34.5 Å². The number of nitrogens with two attached hydrogens (primary N) is 1. The lowest BCUT2D eigenvalue weighted by molar-refractivity contribution is -0.116. The van der Waals surface area contributed by atoms with Gasteiger partial charge in [0.1, 0.15) is 17.1 Å². The summed E-state index contributed by atoms with van der Waals surface area (Å²) in [5.41, 5.74) is 12.9. The summed E-state index contributed by atoms with van der Waals surface area (Å²) >= 11 is 3.30. The van der Waals surface area contributed by atoms with E-state index in [4.69, 9.17) is 10.7 Å². The van der Waals surface area contributed by atoms with E-state index >= 15 is 0 Å². The van der Waals surface area contributed by atoms with Gasteiger partial charge in [-0.2, -0.15) is 22.7 Å². The molecule has 19 nitrogen and oxygen atoms in total. The molecule has 6 aromatic heterocycles. The molecule has 0 atom stereocenters. The van der Waals surface area contributed by atoms with Crippen LogP contribution in [0.15, 0.2) is 106 Å². The molecule has 0 radical (unpaired) electrons. The second kappa shape index (κ2) is 23.4. The average Bonchev–Trinajstić information content (AvgIpc) is 4.23. The van der Waals surface area contributed by atoms with Crippen LogP contribution in [0.4, 0.5) is 21.5 Å². The van der Waals surface area contributed by atoms with Crippen LogP contribution in [0.5, 0.6) is 0 Å². The lowest BCUT2D eigenvalue weighted by Gasteiger charge is -2.32. The Morgan fingerprint density at radius 2 is 1.14 bits per heavy atom. The van der Waals surface area contributed by atoms with Crippen molar-refractivity contribution in [2.45, 2.75) is 32.2 Å². The number of nitrogens with one attached hydrogen (secondary N) is 5. The van der Waals surface area contributed by atoms with E-state index in [2.05, 4.69) is 90.3 Å². The van der Waals surface area contributed by atoms with Crippen LogP contribution in [0.2, 0.25) is 0 Å². The Bertz CT molecular complexity index is 2810. The highest BCUT2D eigenvalue weighted by molar-refractivity contribution is 7.08. The first kappa shape index (κ1) is 47.9. The fraction of sp³-hybridized carbons (Fsp3) is 0.271. The highest BCUT2D eigenvalue weighted by Gasteiger charge is 2.26. The van der Waals surface area contributed by atoms with Gasteiger partial charge in [0.25, 0.3) is 11.8 Å². The quantitative estimate of drug-likeness (QED) is 0.0521. The van der Waals surface area contributed by atoms with Crippen LogP contribution in [-0.2, 0) is 16.1 Å². The Kier molecular flexibility index (Phi) is 16.3. The standard InChI is InChI=1S/C24H25N7O2S.C14H18N6O2.C10H7NOS/c32-22-21(29-24(33)30-22)12-18-4-8-26-23(28-18)31-9-5-16(6-10-31)13-25-14-19-2-1-3-20(27-19)17-7-11-34-15-17;15-8-9-2-5-20(6-3-9)13-16-4-1-10(17-13)7-11-12(21)19-14(22)18-11;12-6-9-2-1-3-10(11-9)8-4-5-13-7-8/h1-4,7-8,11-12,15-16,25H,5-6,9-10,13-14H2,(H2,29,30,32,33);1,4,7,9H,2-3,5-6,8,15H2,(H2,18,19,21,22);1-7H/b21-12-;11-7-;. The Balaban J connectivity index is 0.000000156.